The van der Waals surface area contributed by atoms with Crippen molar-refractivity contribution in [3.8, 4) is 0 Å². The van der Waals surface area contributed by atoms with Crippen LogP contribution in [0.4, 0.5) is 8.78 Å². The summed E-state index contributed by atoms with van der Waals surface area (Å²) < 4.78 is 35.3. The molecule has 0 aliphatic heterocycles. The molecular weight excluding hydrogens is 400 g/mol. The number of benzene rings is 2. The third-order valence-corrected chi connectivity index (χ3v) is 5.74. The smallest absolute Gasteiger partial charge is 0.254 e. The zero-order chi connectivity index (χ0) is 22.4. The van der Waals surface area contributed by atoms with Gasteiger partial charge in [0.1, 0.15) is 17.5 Å². The highest BCUT2D eigenvalue weighted by atomic mass is 19.1. The molecule has 2 aromatic carbocycles. The SMILES string of the molecule is CCOC(C(=O)NCc1ccc(C(=N)N)cc1)c1c(F)cc(C2CCCCC2)cc1F. The molecule has 166 valence electrons. The van der Waals surface area contributed by atoms with Gasteiger partial charge in [-0.3, -0.25) is 10.2 Å². The van der Waals surface area contributed by atoms with Crippen LogP contribution in [0.3, 0.4) is 0 Å². The quantitative estimate of drug-likeness (QED) is 0.420. The molecule has 31 heavy (non-hydrogen) atoms. The van der Waals surface area contributed by atoms with E-state index in [9.17, 15) is 13.6 Å². The molecule has 0 spiro atoms. The molecule has 0 aromatic heterocycles. The number of rotatable bonds is 8. The maximum Gasteiger partial charge on any atom is 0.254 e. The number of halogens is 2. The van der Waals surface area contributed by atoms with Crippen molar-refractivity contribution in [1.29, 1.82) is 5.41 Å². The molecule has 3 rings (SSSR count). The molecule has 1 atom stereocenters. The van der Waals surface area contributed by atoms with Gasteiger partial charge in [-0.1, -0.05) is 43.5 Å². The number of carbonyl (C=O) groups is 1. The Morgan fingerprint density at radius 1 is 1.16 bits per heavy atom. The topological polar surface area (TPSA) is 88.2 Å². The third kappa shape index (κ3) is 5.67. The van der Waals surface area contributed by atoms with E-state index in [-0.39, 0.29) is 30.5 Å². The number of amidine groups is 1. The molecule has 0 heterocycles. The van der Waals surface area contributed by atoms with Crippen LogP contribution >= 0.6 is 0 Å². The summed E-state index contributed by atoms with van der Waals surface area (Å²) in [6, 6.07) is 9.52. The van der Waals surface area contributed by atoms with Crippen molar-refractivity contribution < 1.29 is 18.3 Å². The van der Waals surface area contributed by atoms with E-state index in [1.54, 1.807) is 31.2 Å². The Hall–Kier alpha value is -2.80. The fraction of sp³-hybridized carbons (Fsp3) is 0.417. The van der Waals surface area contributed by atoms with E-state index in [0.717, 1.165) is 37.7 Å². The first-order valence-electron chi connectivity index (χ1n) is 10.7. The van der Waals surface area contributed by atoms with Crippen molar-refractivity contribution in [3.05, 3.63) is 70.3 Å². The fourth-order valence-electron chi connectivity index (χ4n) is 4.07. The number of carbonyl (C=O) groups excluding carboxylic acids is 1. The third-order valence-electron chi connectivity index (χ3n) is 5.74. The maximum absolute atomic E-state index is 15.0. The van der Waals surface area contributed by atoms with Crippen molar-refractivity contribution >= 4 is 11.7 Å². The monoisotopic (exact) mass is 429 g/mol. The van der Waals surface area contributed by atoms with Gasteiger partial charge in [-0.2, -0.15) is 0 Å². The van der Waals surface area contributed by atoms with Crippen LogP contribution in [0.2, 0.25) is 0 Å². The Labute approximate surface area is 181 Å². The van der Waals surface area contributed by atoms with Crippen LogP contribution in [0.1, 0.15) is 73.3 Å². The highest BCUT2D eigenvalue weighted by Crippen LogP contribution is 2.35. The molecule has 1 amide bonds. The Morgan fingerprint density at radius 3 is 2.32 bits per heavy atom. The van der Waals surface area contributed by atoms with E-state index in [2.05, 4.69) is 5.32 Å². The van der Waals surface area contributed by atoms with Crippen LogP contribution < -0.4 is 11.1 Å². The Balaban J connectivity index is 1.75. The number of amides is 1. The standard InChI is InChI=1S/C24H29F2N3O2/c1-2-31-22(24(30)29-14-15-8-10-17(11-9-15)23(27)28)21-19(25)12-18(13-20(21)26)16-6-4-3-5-7-16/h8-13,16,22H,2-7,14H2,1H3,(H3,27,28)(H,29,30). The molecule has 7 heteroatoms. The number of nitrogen functional groups attached to an aromatic ring is 1. The van der Waals surface area contributed by atoms with E-state index in [1.807, 2.05) is 0 Å². The summed E-state index contributed by atoms with van der Waals surface area (Å²) in [4.78, 5) is 12.7. The lowest BCUT2D eigenvalue weighted by molar-refractivity contribution is -0.133. The molecule has 0 saturated heterocycles. The van der Waals surface area contributed by atoms with Gasteiger partial charge in [-0.05, 0) is 48.9 Å². The van der Waals surface area contributed by atoms with E-state index >= 15 is 0 Å². The maximum atomic E-state index is 15.0. The average Bonchev–Trinajstić information content (AvgIpc) is 2.77. The van der Waals surface area contributed by atoms with Crippen molar-refractivity contribution in [1.82, 2.24) is 5.32 Å². The number of hydrogen-bond acceptors (Lipinski definition) is 3. The van der Waals surface area contributed by atoms with Crippen molar-refractivity contribution in [2.24, 2.45) is 5.73 Å². The summed E-state index contributed by atoms with van der Waals surface area (Å²) in [6.45, 7) is 1.96. The van der Waals surface area contributed by atoms with Gasteiger partial charge >= 0.3 is 0 Å². The fourth-order valence-corrected chi connectivity index (χ4v) is 4.07. The van der Waals surface area contributed by atoms with E-state index in [4.69, 9.17) is 15.9 Å². The van der Waals surface area contributed by atoms with Gasteiger partial charge in [-0.25, -0.2) is 8.78 Å². The van der Waals surface area contributed by atoms with Gasteiger partial charge in [0.25, 0.3) is 5.91 Å². The second-order valence-corrected chi connectivity index (χ2v) is 7.90. The summed E-state index contributed by atoms with van der Waals surface area (Å²) in [6.07, 6.45) is 3.76. The highest BCUT2D eigenvalue weighted by molar-refractivity contribution is 5.94. The Morgan fingerprint density at radius 2 is 1.77 bits per heavy atom. The minimum absolute atomic E-state index is 0.0466. The highest BCUT2D eigenvalue weighted by Gasteiger charge is 2.29. The Bertz CT molecular complexity index is 902. The lowest BCUT2D eigenvalue weighted by Gasteiger charge is -2.24. The lowest BCUT2D eigenvalue weighted by atomic mass is 9.83. The number of hydrogen-bond donors (Lipinski definition) is 3. The first-order valence-corrected chi connectivity index (χ1v) is 10.7. The molecule has 0 bridgehead atoms. The van der Waals surface area contributed by atoms with Crippen molar-refractivity contribution in [2.45, 2.75) is 57.6 Å². The molecule has 1 unspecified atom stereocenters. The molecule has 1 fully saturated rings. The first kappa shape index (κ1) is 22.9. The van der Waals surface area contributed by atoms with Crippen LogP contribution in [0.5, 0.6) is 0 Å². The van der Waals surface area contributed by atoms with Crippen LogP contribution in [0.15, 0.2) is 36.4 Å². The van der Waals surface area contributed by atoms with Gasteiger partial charge in [0.15, 0.2) is 6.10 Å². The van der Waals surface area contributed by atoms with Gasteiger partial charge < -0.3 is 15.8 Å². The largest absolute Gasteiger partial charge is 0.384 e. The van der Waals surface area contributed by atoms with Gasteiger partial charge in [0.2, 0.25) is 0 Å². The second-order valence-electron chi connectivity index (χ2n) is 7.90. The summed E-state index contributed by atoms with van der Waals surface area (Å²) >= 11 is 0. The van der Waals surface area contributed by atoms with Crippen molar-refractivity contribution in [3.63, 3.8) is 0 Å². The molecule has 1 aliphatic rings. The average molecular weight is 430 g/mol. The predicted octanol–water partition coefficient (Wildman–Crippen LogP) is 4.69. The zero-order valence-corrected chi connectivity index (χ0v) is 17.7. The molecular formula is C24H29F2N3O2. The molecule has 1 aliphatic carbocycles. The summed E-state index contributed by atoms with van der Waals surface area (Å²) in [5.41, 5.74) is 7.07. The van der Waals surface area contributed by atoms with Crippen LogP contribution in [-0.2, 0) is 16.1 Å². The number of ether oxygens (including phenoxy) is 1. The normalized spacial score (nSPS) is 15.5. The zero-order valence-electron chi connectivity index (χ0n) is 17.7. The summed E-state index contributed by atoms with van der Waals surface area (Å²) in [5, 5.41) is 10.1. The van der Waals surface area contributed by atoms with Crippen molar-refractivity contribution in [2.75, 3.05) is 6.61 Å². The number of nitrogens with one attached hydrogen (secondary N) is 2. The molecule has 5 nitrogen and oxygen atoms in total. The number of nitrogens with two attached hydrogens (primary N) is 1. The van der Waals surface area contributed by atoms with E-state index < -0.39 is 23.6 Å². The van der Waals surface area contributed by atoms with Gasteiger partial charge in [0, 0.05) is 18.7 Å². The van der Waals surface area contributed by atoms with Gasteiger partial charge in [0.05, 0.1) is 5.56 Å². The van der Waals surface area contributed by atoms with Crippen LogP contribution in [0.25, 0.3) is 0 Å². The van der Waals surface area contributed by atoms with E-state index in [0.29, 0.717) is 11.1 Å². The summed E-state index contributed by atoms with van der Waals surface area (Å²) in [5.74, 6) is -2.00. The minimum atomic E-state index is -1.37. The molecule has 4 N–H and O–H groups in total. The first-order chi connectivity index (χ1) is 14.9. The Kier molecular flexibility index (Phi) is 7.74. The molecule has 1 saturated carbocycles. The van der Waals surface area contributed by atoms with Crippen LogP contribution in [0, 0.1) is 17.0 Å². The van der Waals surface area contributed by atoms with Crippen LogP contribution in [-0.4, -0.2) is 18.3 Å². The van der Waals surface area contributed by atoms with Gasteiger partial charge in [-0.15, -0.1) is 0 Å². The molecule has 0 radical (unpaired) electrons. The minimum Gasteiger partial charge on any atom is -0.384 e. The second kappa shape index (κ2) is 10.5. The lowest BCUT2D eigenvalue weighted by Crippen LogP contribution is -2.32. The van der Waals surface area contributed by atoms with E-state index in [1.165, 1.54) is 12.1 Å². The molecule has 2 aromatic rings. The predicted molar refractivity (Wildman–Crippen MR) is 116 cm³/mol. The summed E-state index contributed by atoms with van der Waals surface area (Å²) in [7, 11) is 0.